The van der Waals surface area contributed by atoms with E-state index in [1.807, 2.05) is 11.9 Å². The van der Waals surface area contributed by atoms with Crippen molar-refractivity contribution in [2.45, 2.75) is 74.0 Å². The zero-order chi connectivity index (χ0) is 19.6. The molecule has 0 spiro atoms. The van der Waals surface area contributed by atoms with E-state index in [0.29, 0.717) is 5.92 Å². The highest BCUT2D eigenvalue weighted by Gasteiger charge is 2.48. The number of rotatable bonds is 6. The van der Waals surface area contributed by atoms with Gasteiger partial charge in [0.05, 0.1) is 17.5 Å². The van der Waals surface area contributed by atoms with Gasteiger partial charge in [0.25, 0.3) is 0 Å². The molecule has 0 aliphatic carbocycles. The highest BCUT2D eigenvalue weighted by Crippen LogP contribution is 2.31. The van der Waals surface area contributed by atoms with Gasteiger partial charge in [0.15, 0.2) is 0 Å². The highest BCUT2D eigenvalue weighted by atomic mass is 35.5. The number of nitrogens with one attached hydrogen (secondary N) is 1. The molecule has 2 rings (SSSR count). The number of amides is 1. The number of nitrogens with zero attached hydrogens (tertiary/aromatic N) is 1. The molecule has 0 aromatic carbocycles. The van der Waals surface area contributed by atoms with Crippen LogP contribution in [-0.4, -0.2) is 93.3 Å². The second-order valence-corrected chi connectivity index (χ2v) is 8.98. The van der Waals surface area contributed by atoms with E-state index in [1.165, 1.54) is 11.8 Å². The fourth-order valence-electron chi connectivity index (χ4n) is 3.79. The van der Waals surface area contributed by atoms with Crippen LogP contribution in [0.25, 0.3) is 0 Å². The third-order valence-electron chi connectivity index (χ3n) is 5.51. The number of alkyl halides is 1. The number of aliphatic hydroxyl groups is 3. The summed E-state index contributed by atoms with van der Waals surface area (Å²) in [7, 11) is 1.93. The summed E-state index contributed by atoms with van der Waals surface area (Å²) in [4.78, 5) is 14.8. The molecule has 2 heterocycles. The minimum atomic E-state index is -1.36. The third kappa shape index (κ3) is 4.66. The van der Waals surface area contributed by atoms with Crippen molar-refractivity contribution in [3.8, 4) is 0 Å². The van der Waals surface area contributed by atoms with Gasteiger partial charge in [-0.1, -0.05) is 13.3 Å². The lowest BCUT2D eigenvalue weighted by atomic mass is 9.92. The van der Waals surface area contributed by atoms with E-state index in [9.17, 15) is 20.1 Å². The SMILES string of the molecule is CC[C@@H]1C[C@@H](C(=O)NC(C(C)Cl)C2OC(SC)C(O)C(O)C2O)N(C)C1. The zero-order valence-electron chi connectivity index (χ0n) is 15.7. The van der Waals surface area contributed by atoms with Crippen LogP contribution in [0.5, 0.6) is 0 Å². The van der Waals surface area contributed by atoms with Crippen LogP contribution in [-0.2, 0) is 9.53 Å². The van der Waals surface area contributed by atoms with E-state index in [4.69, 9.17) is 16.3 Å². The lowest BCUT2D eigenvalue weighted by Gasteiger charge is -2.44. The fourth-order valence-corrected chi connectivity index (χ4v) is 4.68. The number of carbonyl (C=O) groups is 1. The normalized spacial score (nSPS) is 41.0. The first-order valence-electron chi connectivity index (χ1n) is 9.08. The van der Waals surface area contributed by atoms with Crippen molar-refractivity contribution in [1.82, 2.24) is 10.2 Å². The first-order chi connectivity index (χ1) is 12.2. The molecule has 0 aromatic rings. The summed E-state index contributed by atoms with van der Waals surface area (Å²) >= 11 is 7.52. The Morgan fingerprint density at radius 2 is 2.00 bits per heavy atom. The first kappa shape index (κ1) is 22.2. The molecule has 9 atom stereocenters. The van der Waals surface area contributed by atoms with Crippen LogP contribution < -0.4 is 5.32 Å². The molecule has 2 aliphatic heterocycles. The van der Waals surface area contributed by atoms with E-state index in [0.717, 1.165) is 19.4 Å². The number of likely N-dealkylation sites (N-methyl/N-ethyl adjacent to an activating group) is 1. The van der Waals surface area contributed by atoms with Gasteiger partial charge in [0.2, 0.25) is 5.91 Å². The molecule has 0 aromatic heterocycles. The summed E-state index contributed by atoms with van der Waals surface area (Å²) in [6.45, 7) is 4.70. The minimum Gasteiger partial charge on any atom is -0.388 e. The largest absolute Gasteiger partial charge is 0.388 e. The van der Waals surface area contributed by atoms with Crippen molar-refractivity contribution in [3.63, 3.8) is 0 Å². The smallest absolute Gasteiger partial charge is 0.237 e. The van der Waals surface area contributed by atoms with Gasteiger partial charge in [-0.25, -0.2) is 0 Å². The van der Waals surface area contributed by atoms with Gasteiger partial charge in [-0.15, -0.1) is 23.4 Å². The molecule has 2 saturated heterocycles. The molecular weight excluding hydrogens is 380 g/mol. The molecular formula is C17H31ClN2O5S. The maximum Gasteiger partial charge on any atom is 0.237 e. The Bertz CT molecular complexity index is 484. The lowest BCUT2D eigenvalue weighted by molar-refractivity contribution is -0.205. The molecule has 2 fully saturated rings. The monoisotopic (exact) mass is 410 g/mol. The average molecular weight is 411 g/mol. The maximum absolute atomic E-state index is 12.8. The van der Waals surface area contributed by atoms with E-state index in [-0.39, 0.29) is 11.9 Å². The number of hydrogen-bond acceptors (Lipinski definition) is 7. The summed E-state index contributed by atoms with van der Waals surface area (Å²) < 4.78 is 5.78. The summed E-state index contributed by atoms with van der Waals surface area (Å²) in [6, 6.07) is -0.935. The standard InChI is InChI=1S/C17H31ClN2O5S/c1-5-9-6-10(20(3)7-9)16(24)19-11(8(2)18)15-13(22)12(21)14(23)17(25-15)26-4/h8-15,17,21-23H,5-7H2,1-4H3,(H,19,24)/t8?,9-,10+,11?,12?,13?,14?,15?,17?/m1/s1. The van der Waals surface area contributed by atoms with Gasteiger partial charge >= 0.3 is 0 Å². The van der Waals surface area contributed by atoms with Crippen LogP contribution >= 0.6 is 23.4 Å². The molecule has 0 radical (unpaired) electrons. The number of likely N-dealkylation sites (tertiary alicyclic amines) is 1. The molecule has 1 amide bonds. The second-order valence-electron chi connectivity index (χ2n) is 7.35. The lowest BCUT2D eigenvalue weighted by Crippen LogP contribution is -2.65. The third-order valence-corrected chi connectivity index (χ3v) is 6.64. The Labute approximate surface area is 164 Å². The molecule has 26 heavy (non-hydrogen) atoms. The van der Waals surface area contributed by atoms with Gasteiger partial charge in [-0.2, -0.15) is 0 Å². The quantitative estimate of drug-likeness (QED) is 0.457. The summed E-state index contributed by atoms with van der Waals surface area (Å²) in [5.74, 6) is 0.329. The van der Waals surface area contributed by atoms with Crippen LogP contribution in [0.4, 0.5) is 0 Å². The van der Waals surface area contributed by atoms with Crippen LogP contribution in [0, 0.1) is 5.92 Å². The molecule has 0 bridgehead atoms. The van der Waals surface area contributed by atoms with Crippen LogP contribution in [0.1, 0.15) is 26.7 Å². The van der Waals surface area contributed by atoms with Crippen molar-refractivity contribution in [1.29, 1.82) is 0 Å². The van der Waals surface area contributed by atoms with Crippen LogP contribution in [0.3, 0.4) is 0 Å². The number of aliphatic hydroxyl groups excluding tert-OH is 3. The van der Waals surface area contributed by atoms with E-state index < -0.39 is 41.3 Å². The zero-order valence-corrected chi connectivity index (χ0v) is 17.3. The van der Waals surface area contributed by atoms with E-state index >= 15 is 0 Å². The van der Waals surface area contributed by atoms with E-state index in [2.05, 4.69) is 12.2 Å². The molecule has 7 nitrogen and oxygen atoms in total. The Morgan fingerprint density at radius 3 is 2.50 bits per heavy atom. The summed E-state index contributed by atoms with van der Waals surface area (Å²) in [5.41, 5.74) is -0.702. The molecule has 0 saturated carbocycles. The number of halogens is 1. The van der Waals surface area contributed by atoms with Crippen LogP contribution in [0.2, 0.25) is 0 Å². The van der Waals surface area contributed by atoms with Crippen molar-refractivity contribution in [2.75, 3.05) is 19.8 Å². The van der Waals surface area contributed by atoms with E-state index in [1.54, 1.807) is 13.2 Å². The van der Waals surface area contributed by atoms with Crippen LogP contribution in [0.15, 0.2) is 0 Å². The van der Waals surface area contributed by atoms with Gasteiger partial charge < -0.3 is 25.4 Å². The van der Waals surface area contributed by atoms with Crippen molar-refractivity contribution >= 4 is 29.3 Å². The molecule has 9 heteroatoms. The Morgan fingerprint density at radius 1 is 1.35 bits per heavy atom. The van der Waals surface area contributed by atoms with Crippen molar-refractivity contribution < 1.29 is 24.9 Å². The molecule has 152 valence electrons. The van der Waals surface area contributed by atoms with Gasteiger partial charge in [-0.05, 0) is 32.6 Å². The first-order valence-corrected chi connectivity index (χ1v) is 10.8. The highest BCUT2D eigenvalue weighted by molar-refractivity contribution is 7.99. The molecule has 4 N–H and O–H groups in total. The van der Waals surface area contributed by atoms with Crippen molar-refractivity contribution in [3.05, 3.63) is 0 Å². The second kappa shape index (κ2) is 9.41. The maximum atomic E-state index is 12.8. The number of ether oxygens (including phenoxy) is 1. The summed E-state index contributed by atoms with van der Waals surface area (Å²) in [6.07, 6.45) is -1.27. The topological polar surface area (TPSA) is 102 Å². The fraction of sp³-hybridized carbons (Fsp3) is 0.941. The van der Waals surface area contributed by atoms with Gasteiger partial charge in [0, 0.05) is 6.54 Å². The van der Waals surface area contributed by atoms with Gasteiger partial charge in [-0.3, -0.25) is 9.69 Å². The Hall–Kier alpha value is -0.0900. The predicted octanol–water partition coefficient (Wildman–Crippen LogP) is -0.000600. The Balaban J connectivity index is 2.11. The minimum absolute atomic E-state index is 0.155. The number of hydrogen-bond donors (Lipinski definition) is 4. The Kier molecular flexibility index (Phi) is 8.03. The molecule has 7 unspecified atom stereocenters. The average Bonchev–Trinajstić information content (AvgIpc) is 2.99. The van der Waals surface area contributed by atoms with Crippen molar-refractivity contribution in [2.24, 2.45) is 5.92 Å². The predicted molar refractivity (Wildman–Crippen MR) is 102 cm³/mol. The summed E-state index contributed by atoms with van der Waals surface area (Å²) in [5, 5.41) is 32.9. The van der Waals surface area contributed by atoms with Gasteiger partial charge in [0.1, 0.15) is 29.9 Å². The molecule has 2 aliphatic rings. The number of thioether (sulfide) groups is 1. The number of carbonyl (C=O) groups excluding carboxylic acids is 1.